The highest BCUT2D eigenvalue weighted by molar-refractivity contribution is 5.91. The Hall–Kier alpha value is -1.82. The van der Waals surface area contributed by atoms with Crippen LogP contribution in [-0.2, 0) is 11.3 Å². The first-order chi connectivity index (χ1) is 8.61. The highest BCUT2D eigenvalue weighted by atomic mass is 16.4. The maximum absolute atomic E-state index is 11.7. The summed E-state index contributed by atoms with van der Waals surface area (Å²) >= 11 is 0. The average molecular weight is 251 g/mol. The quantitative estimate of drug-likeness (QED) is 0.470. The van der Waals surface area contributed by atoms with E-state index in [1.165, 1.54) is 0 Å². The van der Waals surface area contributed by atoms with E-state index in [9.17, 15) is 9.59 Å². The number of nitrogens with zero attached hydrogens (tertiary/aromatic N) is 1. The molecule has 2 heterocycles. The Morgan fingerprint density at radius 2 is 2.33 bits per heavy atom. The molecule has 1 aliphatic rings. The lowest BCUT2D eigenvalue weighted by atomic mass is 10.1. The van der Waals surface area contributed by atoms with Gasteiger partial charge in [-0.05, 0) is 25.8 Å². The Morgan fingerprint density at radius 3 is 3.00 bits per heavy atom. The maximum Gasteiger partial charge on any atom is 0.300 e. The first kappa shape index (κ1) is 12.6. The summed E-state index contributed by atoms with van der Waals surface area (Å²) in [7, 11) is 0. The number of aryl methyl sites for hydroxylation is 1. The number of nitrogens with one attached hydrogen (secondary N) is 1. The second kappa shape index (κ2) is 5.22. The predicted octanol–water partition coefficient (Wildman–Crippen LogP) is 0.704. The van der Waals surface area contributed by atoms with Crippen LogP contribution in [0.1, 0.15) is 41.1 Å². The SMILES string of the molecule is Cc1oc(C(=O)NN)cc1CN1CCCCC1=O. The van der Waals surface area contributed by atoms with Crippen LogP contribution in [0.3, 0.4) is 0 Å². The standard InChI is InChI=1S/C12H17N3O3/c1-8-9(6-10(18-8)12(17)14-13)7-15-5-3-2-4-11(15)16/h6H,2-5,7,13H2,1H3,(H,14,17). The molecule has 0 bridgehead atoms. The Balaban J connectivity index is 2.11. The molecule has 1 saturated heterocycles. The average Bonchev–Trinajstić information content (AvgIpc) is 2.73. The van der Waals surface area contributed by atoms with Crippen molar-refractivity contribution in [2.45, 2.75) is 32.7 Å². The van der Waals surface area contributed by atoms with Crippen molar-refractivity contribution in [3.8, 4) is 0 Å². The Labute approximate surface area is 105 Å². The van der Waals surface area contributed by atoms with Crippen molar-refractivity contribution in [1.29, 1.82) is 0 Å². The summed E-state index contributed by atoms with van der Waals surface area (Å²) in [6.45, 7) is 3.03. The van der Waals surface area contributed by atoms with Crippen LogP contribution < -0.4 is 11.3 Å². The highest BCUT2D eigenvalue weighted by Gasteiger charge is 2.21. The first-order valence-corrected chi connectivity index (χ1v) is 6.00. The van der Waals surface area contributed by atoms with E-state index in [4.69, 9.17) is 10.3 Å². The number of likely N-dealkylation sites (tertiary alicyclic amines) is 1. The normalized spacial score (nSPS) is 15.9. The lowest BCUT2D eigenvalue weighted by Crippen LogP contribution is -2.34. The van der Waals surface area contributed by atoms with Gasteiger partial charge in [-0.1, -0.05) is 0 Å². The van der Waals surface area contributed by atoms with Crippen molar-refractivity contribution >= 4 is 11.8 Å². The van der Waals surface area contributed by atoms with E-state index in [2.05, 4.69) is 0 Å². The van der Waals surface area contributed by atoms with Gasteiger partial charge in [-0.25, -0.2) is 5.84 Å². The molecule has 0 radical (unpaired) electrons. The zero-order valence-corrected chi connectivity index (χ0v) is 10.4. The molecule has 2 amide bonds. The van der Waals surface area contributed by atoms with Gasteiger partial charge in [0, 0.05) is 25.1 Å². The highest BCUT2D eigenvalue weighted by Crippen LogP contribution is 2.19. The number of amides is 2. The van der Waals surface area contributed by atoms with Crippen LogP contribution in [0.15, 0.2) is 10.5 Å². The van der Waals surface area contributed by atoms with Gasteiger partial charge in [-0.15, -0.1) is 0 Å². The Morgan fingerprint density at radius 1 is 1.56 bits per heavy atom. The molecule has 98 valence electrons. The molecule has 6 heteroatoms. The maximum atomic E-state index is 11.7. The second-order valence-corrected chi connectivity index (χ2v) is 4.44. The van der Waals surface area contributed by atoms with Crippen LogP contribution in [0.5, 0.6) is 0 Å². The number of nitrogen functional groups attached to an aromatic ring is 1. The number of piperidine rings is 1. The van der Waals surface area contributed by atoms with Gasteiger partial charge in [0.2, 0.25) is 5.91 Å². The van der Waals surface area contributed by atoms with E-state index in [0.717, 1.165) is 24.9 Å². The van der Waals surface area contributed by atoms with Crippen molar-refractivity contribution < 1.29 is 14.0 Å². The molecule has 1 fully saturated rings. The number of rotatable bonds is 3. The van der Waals surface area contributed by atoms with Crippen molar-refractivity contribution in [3.63, 3.8) is 0 Å². The van der Waals surface area contributed by atoms with E-state index in [1.807, 2.05) is 5.43 Å². The molecule has 2 rings (SSSR count). The summed E-state index contributed by atoms with van der Waals surface area (Å²) in [6.07, 6.45) is 2.59. The molecular formula is C12H17N3O3. The van der Waals surface area contributed by atoms with E-state index >= 15 is 0 Å². The predicted molar refractivity (Wildman–Crippen MR) is 64.4 cm³/mol. The zero-order valence-electron chi connectivity index (χ0n) is 10.4. The summed E-state index contributed by atoms with van der Waals surface area (Å²) in [5, 5.41) is 0. The van der Waals surface area contributed by atoms with Crippen LogP contribution in [0.2, 0.25) is 0 Å². The minimum Gasteiger partial charge on any atom is -0.456 e. The number of hydrazine groups is 1. The van der Waals surface area contributed by atoms with Crippen molar-refractivity contribution in [3.05, 3.63) is 23.2 Å². The molecule has 0 saturated carbocycles. The van der Waals surface area contributed by atoms with Crippen LogP contribution >= 0.6 is 0 Å². The number of hydrogen-bond donors (Lipinski definition) is 2. The fourth-order valence-corrected chi connectivity index (χ4v) is 2.09. The molecule has 0 aromatic carbocycles. The van der Waals surface area contributed by atoms with Gasteiger partial charge in [-0.3, -0.25) is 15.0 Å². The third-order valence-electron chi connectivity index (χ3n) is 3.16. The van der Waals surface area contributed by atoms with Crippen LogP contribution in [0, 0.1) is 6.92 Å². The smallest absolute Gasteiger partial charge is 0.300 e. The minimum atomic E-state index is -0.464. The minimum absolute atomic E-state index is 0.159. The molecule has 1 aromatic rings. The van der Waals surface area contributed by atoms with Gasteiger partial charge in [0.15, 0.2) is 5.76 Å². The molecular weight excluding hydrogens is 234 g/mol. The lowest BCUT2D eigenvalue weighted by Gasteiger charge is -2.26. The van der Waals surface area contributed by atoms with E-state index < -0.39 is 5.91 Å². The van der Waals surface area contributed by atoms with Crippen molar-refractivity contribution in [2.24, 2.45) is 5.84 Å². The molecule has 3 N–H and O–H groups in total. The number of carbonyl (C=O) groups excluding carboxylic acids is 2. The molecule has 0 unspecified atom stereocenters. The second-order valence-electron chi connectivity index (χ2n) is 4.44. The molecule has 0 aliphatic carbocycles. The molecule has 0 spiro atoms. The van der Waals surface area contributed by atoms with Crippen molar-refractivity contribution in [1.82, 2.24) is 10.3 Å². The number of nitrogens with two attached hydrogens (primary N) is 1. The number of furan rings is 1. The molecule has 1 aromatic heterocycles. The van der Waals surface area contributed by atoms with E-state index in [0.29, 0.717) is 18.7 Å². The fraction of sp³-hybridized carbons (Fsp3) is 0.500. The van der Waals surface area contributed by atoms with Crippen molar-refractivity contribution in [2.75, 3.05) is 6.54 Å². The fourth-order valence-electron chi connectivity index (χ4n) is 2.09. The number of hydrogen-bond acceptors (Lipinski definition) is 4. The van der Waals surface area contributed by atoms with Crippen LogP contribution in [0.4, 0.5) is 0 Å². The third kappa shape index (κ3) is 2.53. The first-order valence-electron chi connectivity index (χ1n) is 6.00. The summed E-state index contributed by atoms with van der Waals surface area (Å²) in [5.41, 5.74) is 2.87. The number of carbonyl (C=O) groups is 2. The largest absolute Gasteiger partial charge is 0.456 e. The third-order valence-corrected chi connectivity index (χ3v) is 3.16. The zero-order chi connectivity index (χ0) is 13.1. The molecule has 6 nitrogen and oxygen atoms in total. The topological polar surface area (TPSA) is 88.6 Å². The summed E-state index contributed by atoms with van der Waals surface area (Å²) < 4.78 is 5.31. The molecule has 18 heavy (non-hydrogen) atoms. The Kier molecular flexibility index (Phi) is 3.66. The summed E-state index contributed by atoms with van der Waals surface area (Å²) in [6, 6.07) is 1.64. The van der Waals surface area contributed by atoms with Crippen LogP contribution in [-0.4, -0.2) is 23.3 Å². The molecule has 0 atom stereocenters. The van der Waals surface area contributed by atoms with Gasteiger partial charge in [0.05, 0.1) is 0 Å². The van der Waals surface area contributed by atoms with Crippen LogP contribution in [0.25, 0.3) is 0 Å². The lowest BCUT2D eigenvalue weighted by molar-refractivity contribution is -0.133. The molecule has 1 aliphatic heterocycles. The van der Waals surface area contributed by atoms with Gasteiger partial charge in [0.25, 0.3) is 0 Å². The summed E-state index contributed by atoms with van der Waals surface area (Å²) in [4.78, 5) is 24.8. The summed E-state index contributed by atoms with van der Waals surface area (Å²) in [5.74, 6) is 5.56. The van der Waals surface area contributed by atoms with E-state index in [-0.39, 0.29) is 11.7 Å². The Bertz CT molecular complexity index is 467. The van der Waals surface area contributed by atoms with Gasteiger partial charge in [-0.2, -0.15) is 0 Å². The van der Waals surface area contributed by atoms with E-state index in [1.54, 1.807) is 17.9 Å². The monoisotopic (exact) mass is 251 g/mol. The van der Waals surface area contributed by atoms with Gasteiger partial charge in [0.1, 0.15) is 5.76 Å². The van der Waals surface area contributed by atoms with Gasteiger partial charge >= 0.3 is 5.91 Å². The van der Waals surface area contributed by atoms with Gasteiger partial charge < -0.3 is 9.32 Å².